The zero-order chi connectivity index (χ0) is 19.4. The SMILES string of the molecule is O=C(NC1CCC(C(=O)N2CCOCC2)CC1)c1cccc(C(F)(F)F)c1. The number of alkyl halides is 3. The number of rotatable bonds is 3. The van der Waals surface area contributed by atoms with Gasteiger partial charge >= 0.3 is 6.18 Å². The minimum Gasteiger partial charge on any atom is -0.378 e. The van der Waals surface area contributed by atoms with E-state index in [1.54, 1.807) is 0 Å². The highest BCUT2D eigenvalue weighted by atomic mass is 19.4. The molecule has 1 N–H and O–H groups in total. The number of ether oxygens (including phenoxy) is 1. The van der Waals surface area contributed by atoms with Crippen molar-refractivity contribution in [2.24, 2.45) is 5.92 Å². The molecule has 2 fully saturated rings. The van der Waals surface area contributed by atoms with E-state index in [0.717, 1.165) is 12.1 Å². The number of halogens is 3. The maximum atomic E-state index is 12.8. The summed E-state index contributed by atoms with van der Waals surface area (Å²) >= 11 is 0. The fraction of sp³-hybridized carbons (Fsp3) is 0.579. The Bertz CT molecular complexity index is 679. The molecule has 3 rings (SSSR count). The number of benzene rings is 1. The van der Waals surface area contributed by atoms with Gasteiger partial charge in [0.05, 0.1) is 18.8 Å². The first-order chi connectivity index (χ1) is 12.8. The number of carbonyl (C=O) groups excluding carboxylic acids is 2. The Balaban J connectivity index is 1.51. The van der Waals surface area contributed by atoms with Gasteiger partial charge in [-0.25, -0.2) is 0 Å². The van der Waals surface area contributed by atoms with E-state index in [1.165, 1.54) is 12.1 Å². The third-order valence-electron chi connectivity index (χ3n) is 5.19. The van der Waals surface area contributed by atoms with Gasteiger partial charge in [-0.15, -0.1) is 0 Å². The van der Waals surface area contributed by atoms with Gasteiger partial charge in [0.2, 0.25) is 5.91 Å². The Hall–Kier alpha value is -2.09. The molecule has 1 aromatic rings. The summed E-state index contributed by atoms with van der Waals surface area (Å²) in [5.74, 6) is -0.421. The maximum absolute atomic E-state index is 12.8. The zero-order valence-corrected chi connectivity index (χ0v) is 14.9. The minimum absolute atomic E-state index is 0.00339. The first-order valence-electron chi connectivity index (χ1n) is 9.19. The van der Waals surface area contributed by atoms with Crippen LogP contribution < -0.4 is 5.32 Å². The van der Waals surface area contributed by atoms with E-state index in [1.807, 2.05) is 4.90 Å². The van der Waals surface area contributed by atoms with Crippen molar-refractivity contribution >= 4 is 11.8 Å². The van der Waals surface area contributed by atoms with Crippen LogP contribution in [0, 0.1) is 5.92 Å². The van der Waals surface area contributed by atoms with Crippen LogP contribution in [0.5, 0.6) is 0 Å². The van der Waals surface area contributed by atoms with E-state index in [-0.39, 0.29) is 23.4 Å². The summed E-state index contributed by atoms with van der Waals surface area (Å²) in [5.41, 5.74) is -0.841. The molecular formula is C19H23F3N2O3. The molecule has 1 saturated heterocycles. The highest BCUT2D eigenvalue weighted by Gasteiger charge is 2.32. The molecule has 0 bridgehead atoms. The van der Waals surface area contributed by atoms with Gasteiger partial charge in [0, 0.05) is 30.6 Å². The summed E-state index contributed by atoms with van der Waals surface area (Å²) in [4.78, 5) is 26.6. The summed E-state index contributed by atoms with van der Waals surface area (Å²) in [6.45, 7) is 2.36. The quantitative estimate of drug-likeness (QED) is 0.872. The summed E-state index contributed by atoms with van der Waals surface area (Å²) in [6, 6.07) is 4.29. The molecule has 2 aliphatic rings. The summed E-state index contributed by atoms with van der Waals surface area (Å²) in [7, 11) is 0. The van der Waals surface area contributed by atoms with Crippen LogP contribution in [0.25, 0.3) is 0 Å². The molecular weight excluding hydrogens is 361 g/mol. The highest BCUT2D eigenvalue weighted by Crippen LogP contribution is 2.30. The Labute approximate surface area is 155 Å². The topological polar surface area (TPSA) is 58.6 Å². The molecule has 0 atom stereocenters. The van der Waals surface area contributed by atoms with Crippen molar-refractivity contribution in [1.29, 1.82) is 0 Å². The van der Waals surface area contributed by atoms with Crippen LogP contribution in [-0.2, 0) is 15.7 Å². The monoisotopic (exact) mass is 384 g/mol. The summed E-state index contributed by atoms with van der Waals surface area (Å²) in [5, 5.41) is 2.80. The Kier molecular flexibility index (Phi) is 6.04. The molecule has 0 radical (unpaired) electrons. The van der Waals surface area contributed by atoms with Gasteiger partial charge in [-0.3, -0.25) is 9.59 Å². The number of hydrogen-bond acceptors (Lipinski definition) is 3. The molecule has 5 nitrogen and oxygen atoms in total. The molecule has 1 saturated carbocycles. The molecule has 0 spiro atoms. The average Bonchev–Trinajstić information content (AvgIpc) is 2.68. The predicted octanol–water partition coefficient (Wildman–Crippen LogP) is 2.85. The van der Waals surface area contributed by atoms with Crippen LogP contribution in [0.1, 0.15) is 41.6 Å². The molecule has 0 unspecified atom stereocenters. The van der Waals surface area contributed by atoms with E-state index < -0.39 is 17.6 Å². The van der Waals surface area contributed by atoms with Gasteiger partial charge in [0.1, 0.15) is 0 Å². The van der Waals surface area contributed by atoms with E-state index in [0.29, 0.717) is 52.0 Å². The zero-order valence-electron chi connectivity index (χ0n) is 14.9. The molecule has 8 heteroatoms. The molecule has 1 aliphatic heterocycles. The van der Waals surface area contributed by atoms with Gasteiger partial charge in [-0.2, -0.15) is 13.2 Å². The summed E-state index contributed by atoms with van der Waals surface area (Å²) in [6.07, 6.45) is -1.85. The number of hydrogen-bond donors (Lipinski definition) is 1. The first-order valence-corrected chi connectivity index (χ1v) is 9.19. The third kappa shape index (κ3) is 5.00. The Morgan fingerprint density at radius 3 is 2.37 bits per heavy atom. The highest BCUT2D eigenvalue weighted by molar-refractivity contribution is 5.94. The average molecular weight is 384 g/mol. The second-order valence-corrected chi connectivity index (χ2v) is 7.04. The fourth-order valence-corrected chi connectivity index (χ4v) is 3.63. The van der Waals surface area contributed by atoms with Crippen LogP contribution in [0.4, 0.5) is 13.2 Å². The van der Waals surface area contributed by atoms with Gasteiger partial charge in [0.25, 0.3) is 5.91 Å². The molecule has 1 aromatic carbocycles. The van der Waals surface area contributed by atoms with E-state index in [2.05, 4.69) is 5.32 Å². The largest absolute Gasteiger partial charge is 0.416 e. The predicted molar refractivity (Wildman–Crippen MR) is 92.1 cm³/mol. The van der Waals surface area contributed by atoms with Crippen molar-refractivity contribution in [1.82, 2.24) is 10.2 Å². The molecule has 148 valence electrons. The van der Waals surface area contributed by atoms with Crippen LogP contribution >= 0.6 is 0 Å². The van der Waals surface area contributed by atoms with Crippen LogP contribution in [-0.4, -0.2) is 49.1 Å². The number of nitrogens with zero attached hydrogens (tertiary/aromatic N) is 1. The number of amides is 2. The molecule has 0 aromatic heterocycles. The van der Waals surface area contributed by atoms with Crippen molar-refractivity contribution in [2.75, 3.05) is 26.3 Å². The van der Waals surface area contributed by atoms with Crippen LogP contribution in [0.2, 0.25) is 0 Å². The van der Waals surface area contributed by atoms with Gasteiger partial charge in [-0.1, -0.05) is 6.07 Å². The van der Waals surface area contributed by atoms with Crippen molar-refractivity contribution < 1.29 is 27.5 Å². The van der Waals surface area contributed by atoms with Crippen LogP contribution in [0.3, 0.4) is 0 Å². The van der Waals surface area contributed by atoms with Crippen LogP contribution in [0.15, 0.2) is 24.3 Å². The second-order valence-electron chi connectivity index (χ2n) is 7.04. The third-order valence-corrected chi connectivity index (χ3v) is 5.19. The number of carbonyl (C=O) groups is 2. The smallest absolute Gasteiger partial charge is 0.378 e. The van der Waals surface area contributed by atoms with Crippen molar-refractivity contribution in [2.45, 2.75) is 37.9 Å². The lowest BCUT2D eigenvalue weighted by Crippen LogP contribution is -2.46. The van der Waals surface area contributed by atoms with E-state index in [9.17, 15) is 22.8 Å². The normalized spacial score (nSPS) is 23.7. The van der Waals surface area contributed by atoms with Gasteiger partial charge in [-0.05, 0) is 43.9 Å². The van der Waals surface area contributed by atoms with Crippen molar-refractivity contribution in [3.63, 3.8) is 0 Å². The van der Waals surface area contributed by atoms with Gasteiger partial charge in [0.15, 0.2) is 0 Å². The number of morpholine rings is 1. The lowest BCUT2D eigenvalue weighted by molar-refractivity contribution is -0.140. The fourth-order valence-electron chi connectivity index (χ4n) is 3.63. The van der Waals surface area contributed by atoms with Gasteiger partial charge < -0.3 is 15.0 Å². The summed E-state index contributed by atoms with van der Waals surface area (Å²) < 4.78 is 43.6. The minimum atomic E-state index is -4.48. The molecule has 27 heavy (non-hydrogen) atoms. The van der Waals surface area contributed by atoms with Crippen molar-refractivity contribution in [3.05, 3.63) is 35.4 Å². The van der Waals surface area contributed by atoms with E-state index in [4.69, 9.17) is 4.74 Å². The molecule has 2 amide bonds. The maximum Gasteiger partial charge on any atom is 0.416 e. The Morgan fingerprint density at radius 1 is 1.07 bits per heavy atom. The number of nitrogens with one attached hydrogen (secondary N) is 1. The lowest BCUT2D eigenvalue weighted by atomic mass is 9.85. The molecule has 1 heterocycles. The van der Waals surface area contributed by atoms with E-state index >= 15 is 0 Å². The lowest BCUT2D eigenvalue weighted by Gasteiger charge is -2.34. The first kappa shape index (κ1) is 19.7. The Morgan fingerprint density at radius 2 is 1.74 bits per heavy atom. The standard InChI is InChI=1S/C19H23F3N2O3/c20-19(21,22)15-3-1-2-14(12-15)17(25)23-16-6-4-13(5-7-16)18(26)24-8-10-27-11-9-24/h1-3,12-13,16H,4-11H2,(H,23,25). The second kappa shape index (κ2) is 8.29. The van der Waals surface area contributed by atoms with Crippen molar-refractivity contribution in [3.8, 4) is 0 Å². The molecule has 1 aliphatic carbocycles.